The summed E-state index contributed by atoms with van der Waals surface area (Å²) in [6, 6.07) is 5.32. The molecule has 27 heavy (non-hydrogen) atoms. The third-order valence-corrected chi connectivity index (χ3v) is 5.00. The summed E-state index contributed by atoms with van der Waals surface area (Å²) in [4.78, 5) is 28.3. The number of urea groups is 1. The molecule has 0 aliphatic carbocycles. The van der Waals surface area contributed by atoms with Crippen LogP contribution in [0.3, 0.4) is 0 Å². The SMILES string of the molecule is Cc1nnc(NC(=O)C(C)NC(=O)N2CCN(c3ccc(F)cc3)CC2)s1. The Hall–Kier alpha value is -2.75. The highest BCUT2D eigenvalue weighted by atomic mass is 32.1. The highest BCUT2D eigenvalue weighted by Gasteiger charge is 2.24. The van der Waals surface area contributed by atoms with Gasteiger partial charge in [0, 0.05) is 31.9 Å². The molecule has 3 amide bonds. The smallest absolute Gasteiger partial charge is 0.318 e. The molecule has 2 N–H and O–H groups in total. The van der Waals surface area contributed by atoms with Crippen molar-refractivity contribution in [1.82, 2.24) is 20.4 Å². The summed E-state index contributed by atoms with van der Waals surface area (Å²) in [5.41, 5.74) is 0.927. The van der Waals surface area contributed by atoms with Crippen LogP contribution < -0.4 is 15.5 Å². The molecule has 1 aliphatic rings. The number of piperazine rings is 1. The summed E-state index contributed by atoms with van der Waals surface area (Å²) < 4.78 is 13.0. The van der Waals surface area contributed by atoms with Crippen LogP contribution in [0.2, 0.25) is 0 Å². The minimum absolute atomic E-state index is 0.271. The molecule has 1 aromatic carbocycles. The van der Waals surface area contributed by atoms with Crippen LogP contribution in [0.4, 0.5) is 20.0 Å². The van der Waals surface area contributed by atoms with Gasteiger partial charge in [0.2, 0.25) is 11.0 Å². The zero-order valence-electron chi connectivity index (χ0n) is 15.1. The number of aryl methyl sites for hydroxylation is 1. The van der Waals surface area contributed by atoms with Crippen molar-refractivity contribution < 1.29 is 14.0 Å². The van der Waals surface area contributed by atoms with E-state index in [1.165, 1.54) is 23.5 Å². The molecule has 10 heteroatoms. The van der Waals surface area contributed by atoms with Crippen molar-refractivity contribution in [2.45, 2.75) is 19.9 Å². The number of nitrogens with zero attached hydrogens (tertiary/aromatic N) is 4. The Bertz CT molecular complexity index is 804. The van der Waals surface area contributed by atoms with Crippen molar-refractivity contribution in [3.63, 3.8) is 0 Å². The van der Waals surface area contributed by atoms with E-state index in [9.17, 15) is 14.0 Å². The van der Waals surface area contributed by atoms with Gasteiger partial charge in [-0.1, -0.05) is 11.3 Å². The molecular formula is C17H21FN6O2S. The summed E-state index contributed by atoms with van der Waals surface area (Å²) in [6.45, 7) is 5.74. The fourth-order valence-electron chi connectivity index (χ4n) is 2.72. The van der Waals surface area contributed by atoms with Crippen molar-refractivity contribution >= 4 is 34.1 Å². The predicted molar refractivity (Wildman–Crippen MR) is 101 cm³/mol. The highest BCUT2D eigenvalue weighted by molar-refractivity contribution is 7.15. The van der Waals surface area contributed by atoms with E-state index in [0.717, 1.165) is 10.7 Å². The third-order valence-electron chi connectivity index (χ3n) is 4.25. The quantitative estimate of drug-likeness (QED) is 0.829. The van der Waals surface area contributed by atoms with Crippen LogP contribution in [0.15, 0.2) is 24.3 Å². The van der Waals surface area contributed by atoms with Gasteiger partial charge in [-0.2, -0.15) is 0 Å². The standard InChI is InChI=1S/C17H21FN6O2S/c1-11(15(25)20-16-22-21-12(2)27-16)19-17(26)24-9-7-23(8-10-24)14-5-3-13(18)4-6-14/h3-6,11H,7-10H2,1-2H3,(H,19,26)(H,20,22,25). The summed E-state index contributed by atoms with van der Waals surface area (Å²) in [5, 5.41) is 14.2. The van der Waals surface area contributed by atoms with E-state index >= 15 is 0 Å². The monoisotopic (exact) mass is 392 g/mol. The van der Waals surface area contributed by atoms with Crippen LogP contribution in [-0.2, 0) is 4.79 Å². The minimum atomic E-state index is -0.697. The molecule has 144 valence electrons. The Labute approximate surface area is 160 Å². The van der Waals surface area contributed by atoms with Crippen LogP contribution in [-0.4, -0.2) is 59.3 Å². The van der Waals surface area contributed by atoms with E-state index in [1.807, 2.05) is 0 Å². The maximum Gasteiger partial charge on any atom is 0.318 e. The summed E-state index contributed by atoms with van der Waals surface area (Å²) in [5.74, 6) is -0.614. The summed E-state index contributed by atoms with van der Waals surface area (Å²) in [6.07, 6.45) is 0. The van der Waals surface area contributed by atoms with Gasteiger partial charge in [0.15, 0.2) is 0 Å². The lowest BCUT2D eigenvalue weighted by molar-refractivity contribution is -0.117. The fraction of sp³-hybridized carbons (Fsp3) is 0.412. The van der Waals surface area contributed by atoms with Crippen LogP contribution >= 0.6 is 11.3 Å². The molecule has 1 saturated heterocycles. The molecule has 8 nitrogen and oxygen atoms in total. The van der Waals surface area contributed by atoms with Gasteiger partial charge in [-0.25, -0.2) is 9.18 Å². The molecule has 1 aromatic heterocycles. The van der Waals surface area contributed by atoms with Gasteiger partial charge >= 0.3 is 6.03 Å². The molecule has 2 heterocycles. The Balaban J connectivity index is 1.47. The predicted octanol–water partition coefficient (Wildman–Crippen LogP) is 1.84. The molecule has 1 fully saturated rings. The Morgan fingerprint density at radius 1 is 1.15 bits per heavy atom. The summed E-state index contributed by atoms with van der Waals surface area (Å²) in [7, 11) is 0. The van der Waals surface area contributed by atoms with Crippen LogP contribution in [0.25, 0.3) is 0 Å². The lowest BCUT2D eigenvalue weighted by Gasteiger charge is -2.36. The molecule has 0 saturated carbocycles. The van der Waals surface area contributed by atoms with Crippen LogP contribution in [0.5, 0.6) is 0 Å². The van der Waals surface area contributed by atoms with Crippen molar-refractivity contribution in [1.29, 1.82) is 0 Å². The Kier molecular flexibility index (Phi) is 5.84. The van der Waals surface area contributed by atoms with E-state index < -0.39 is 6.04 Å². The lowest BCUT2D eigenvalue weighted by atomic mass is 10.2. The number of hydrogen-bond acceptors (Lipinski definition) is 6. The van der Waals surface area contributed by atoms with Gasteiger partial charge in [0.25, 0.3) is 0 Å². The number of nitrogens with one attached hydrogen (secondary N) is 2. The normalized spacial score (nSPS) is 15.4. The molecule has 1 unspecified atom stereocenters. The second kappa shape index (κ2) is 8.30. The number of carbonyl (C=O) groups excluding carboxylic acids is 2. The second-order valence-electron chi connectivity index (χ2n) is 6.24. The Morgan fingerprint density at radius 3 is 2.41 bits per heavy atom. The molecule has 0 bridgehead atoms. The van der Waals surface area contributed by atoms with Crippen molar-refractivity contribution in [2.24, 2.45) is 0 Å². The Morgan fingerprint density at radius 2 is 1.81 bits per heavy atom. The van der Waals surface area contributed by atoms with E-state index in [2.05, 4.69) is 25.7 Å². The van der Waals surface area contributed by atoms with E-state index in [4.69, 9.17) is 0 Å². The molecule has 0 radical (unpaired) electrons. The van der Waals surface area contributed by atoms with E-state index in [0.29, 0.717) is 31.3 Å². The van der Waals surface area contributed by atoms with Crippen molar-refractivity contribution in [2.75, 3.05) is 36.4 Å². The zero-order chi connectivity index (χ0) is 19.4. The molecular weight excluding hydrogens is 371 g/mol. The minimum Gasteiger partial charge on any atom is -0.368 e. The molecule has 0 spiro atoms. The van der Waals surface area contributed by atoms with Crippen LogP contribution in [0.1, 0.15) is 11.9 Å². The van der Waals surface area contributed by atoms with Crippen LogP contribution in [0, 0.1) is 12.7 Å². The average molecular weight is 392 g/mol. The van der Waals surface area contributed by atoms with Gasteiger partial charge in [-0.15, -0.1) is 10.2 Å². The van der Waals surface area contributed by atoms with Crippen molar-refractivity contribution in [3.05, 3.63) is 35.1 Å². The average Bonchev–Trinajstić information content (AvgIpc) is 3.07. The molecule has 3 rings (SSSR count). The number of hydrogen-bond donors (Lipinski definition) is 2. The van der Waals surface area contributed by atoms with Gasteiger partial charge in [0.05, 0.1) is 0 Å². The van der Waals surface area contributed by atoms with E-state index in [1.54, 1.807) is 30.9 Å². The number of carbonyl (C=O) groups is 2. The molecule has 1 aliphatic heterocycles. The van der Waals surface area contributed by atoms with E-state index in [-0.39, 0.29) is 17.8 Å². The number of halogens is 1. The van der Waals surface area contributed by atoms with Gasteiger partial charge in [-0.05, 0) is 38.1 Å². The first-order chi connectivity index (χ1) is 12.9. The number of benzene rings is 1. The lowest BCUT2D eigenvalue weighted by Crippen LogP contribution is -2.54. The first kappa shape index (κ1) is 19.0. The van der Waals surface area contributed by atoms with Gasteiger partial charge < -0.3 is 15.1 Å². The molecule has 1 atom stereocenters. The van der Waals surface area contributed by atoms with Gasteiger partial charge in [-0.3, -0.25) is 10.1 Å². The first-order valence-corrected chi connectivity index (χ1v) is 9.41. The number of anilines is 2. The van der Waals surface area contributed by atoms with Gasteiger partial charge in [0.1, 0.15) is 16.9 Å². The topological polar surface area (TPSA) is 90.5 Å². The number of rotatable bonds is 4. The van der Waals surface area contributed by atoms with Crippen molar-refractivity contribution in [3.8, 4) is 0 Å². The largest absolute Gasteiger partial charge is 0.368 e. The third kappa shape index (κ3) is 4.91. The number of amides is 3. The summed E-state index contributed by atoms with van der Waals surface area (Å²) >= 11 is 1.27. The first-order valence-electron chi connectivity index (χ1n) is 8.59. The maximum atomic E-state index is 13.0. The highest BCUT2D eigenvalue weighted by Crippen LogP contribution is 2.17. The maximum absolute atomic E-state index is 13.0. The number of aromatic nitrogens is 2. The zero-order valence-corrected chi connectivity index (χ0v) is 15.9. The fourth-order valence-corrected chi connectivity index (χ4v) is 3.32. The second-order valence-corrected chi connectivity index (χ2v) is 7.42. The molecule has 2 aromatic rings.